The molecule has 1 aromatic carbocycles. The molecule has 0 aliphatic heterocycles. The molecule has 1 heterocycles. The standard InChI is InChI=1S/C18H27N5OS/c1-5-6-7-15-8-10-16(11-9-15)23-18(20-21-22-23)25-12-17(24)19-14(4)13(2)3/h8-11,13-14H,5-7,12H2,1-4H3,(H,19,24). The van der Waals surface area contributed by atoms with Crippen LogP contribution >= 0.6 is 11.8 Å². The number of tetrazole rings is 1. The fourth-order valence-electron chi connectivity index (χ4n) is 2.21. The highest BCUT2D eigenvalue weighted by molar-refractivity contribution is 7.99. The van der Waals surface area contributed by atoms with Gasteiger partial charge in [-0.15, -0.1) is 5.10 Å². The summed E-state index contributed by atoms with van der Waals surface area (Å²) in [5.41, 5.74) is 2.22. The number of nitrogens with one attached hydrogen (secondary N) is 1. The van der Waals surface area contributed by atoms with Gasteiger partial charge in [0.15, 0.2) is 0 Å². The Morgan fingerprint density at radius 2 is 1.96 bits per heavy atom. The number of nitrogens with zero attached hydrogens (tertiary/aromatic N) is 4. The van der Waals surface area contributed by atoms with Crippen LogP contribution in [-0.2, 0) is 11.2 Å². The highest BCUT2D eigenvalue weighted by Gasteiger charge is 2.14. The minimum Gasteiger partial charge on any atom is -0.353 e. The Bertz CT molecular complexity index is 668. The summed E-state index contributed by atoms with van der Waals surface area (Å²) in [6.45, 7) is 8.38. The van der Waals surface area contributed by atoms with Crippen LogP contribution in [0.2, 0.25) is 0 Å². The van der Waals surface area contributed by atoms with Gasteiger partial charge in [-0.3, -0.25) is 4.79 Å². The number of thioether (sulfide) groups is 1. The number of aromatic nitrogens is 4. The first-order chi connectivity index (χ1) is 12.0. The van der Waals surface area contributed by atoms with E-state index >= 15 is 0 Å². The van der Waals surface area contributed by atoms with E-state index in [1.807, 2.05) is 19.1 Å². The summed E-state index contributed by atoms with van der Waals surface area (Å²) in [6.07, 6.45) is 3.46. The molecular formula is C18H27N5OS. The van der Waals surface area contributed by atoms with E-state index in [1.165, 1.54) is 30.2 Å². The molecule has 1 atom stereocenters. The zero-order valence-corrected chi connectivity index (χ0v) is 16.2. The van der Waals surface area contributed by atoms with Crippen LogP contribution in [0.4, 0.5) is 0 Å². The van der Waals surface area contributed by atoms with E-state index in [-0.39, 0.29) is 11.9 Å². The van der Waals surface area contributed by atoms with Crippen molar-refractivity contribution in [3.8, 4) is 5.69 Å². The van der Waals surface area contributed by atoms with E-state index in [1.54, 1.807) is 4.68 Å². The molecule has 0 aliphatic carbocycles. The zero-order chi connectivity index (χ0) is 18.2. The number of benzene rings is 1. The Morgan fingerprint density at radius 1 is 1.24 bits per heavy atom. The monoisotopic (exact) mass is 361 g/mol. The molecule has 25 heavy (non-hydrogen) atoms. The van der Waals surface area contributed by atoms with E-state index < -0.39 is 0 Å². The van der Waals surface area contributed by atoms with Gasteiger partial charge < -0.3 is 5.32 Å². The number of carbonyl (C=O) groups is 1. The molecule has 0 saturated carbocycles. The third-order valence-corrected chi connectivity index (χ3v) is 5.08. The van der Waals surface area contributed by atoms with Crippen molar-refractivity contribution in [3.63, 3.8) is 0 Å². The Hall–Kier alpha value is -1.89. The number of rotatable bonds is 9. The summed E-state index contributed by atoms with van der Waals surface area (Å²) in [5.74, 6) is 0.701. The molecule has 0 bridgehead atoms. The molecule has 0 spiro atoms. The van der Waals surface area contributed by atoms with Crippen molar-refractivity contribution in [3.05, 3.63) is 29.8 Å². The summed E-state index contributed by atoms with van der Waals surface area (Å²) < 4.78 is 1.67. The van der Waals surface area contributed by atoms with Crippen molar-refractivity contribution in [2.24, 2.45) is 5.92 Å². The van der Waals surface area contributed by atoms with Crippen LogP contribution < -0.4 is 5.32 Å². The van der Waals surface area contributed by atoms with Gasteiger partial charge in [-0.2, -0.15) is 4.68 Å². The van der Waals surface area contributed by atoms with Crippen molar-refractivity contribution in [1.29, 1.82) is 0 Å². The Balaban J connectivity index is 1.97. The smallest absolute Gasteiger partial charge is 0.230 e. The van der Waals surface area contributed by atoms with Gasteiger partial charge in [0.25, 0.3) is 0 Å². The number of carbonyl (C=O) groups excluding carboxylic acids is 1. The molecule has 1 amide bonds. The zero-order valence-electron chi connectivity index (χ0n) is 15.4. The third kappa shape index (κ3) is 5.85. The summed E-state index contributed by atoms with van der Waals surface area (Å²) in [7, 11) is 0. The molecule has 1 aromatic heterocycles. The molecular weight excluding hydrogens is 334 g/mol. The van der Waals surface area contributed by atoms with E-state index in [4.69, 9.17) is 0 Å². The van der Waals surface area contributed by atoms with Crippen molar-refractivity contribution in [2.45, 2.75) is 58.2 Å². The minimum atomic E-state index is -0.00402. The fraction of sp³-hybridized carbons (Fsp3) is 0.556. The molecule has 0 radical (unpaired) electrons. The third-order valence-electron chi connectivity index (χ3n) is 4.16. The van der Waals surface area contributed by atoms with Crippen LogP contribution in [0.25, 0.3) is 5.69 Å². The quantitative estimate of drug-likeness (QED) is 0.694. The second-order valence-corrected chi connectivity index (χ2v) is 7.47. The lowest BCUT2D eigenvalue weighted by atomic mass is 10.1. The topological polar surface area (TPSA) is 72.7 Å². The molecule has 0 saturated heterocycles. The number of unbranched alkanes of at least 4 members (excludes halogenated alkanes) is 1. The number of hydrogen-bond acceptors (Lipinski definition) is 5. The largest absolute Gasteiger partial charge is 0.353 e. The minimum absolute atomic E-state index is 0.00402. The SMILES string of the molecule is CCCCc1ccc(-n2nnnc2SCC(=O)NC(C)C(C)C)cc1. The molecule has 2 rings (SSSR count). The van der Waals surface area contributed by atoms with Crippen LogP contribution in [0.15, 0.2) is 29.4 Å². The predicted molar refractivity (Wildman–Crippen MR) is 101 cm³/mol. The van der Waals surface area contributed by atoms with E-state index in [0.717, 1.165) is 12.1 Å². The highest BCUT2D eigenvalue weighted by atomic mass is 32.2. The first kappa shape index (κ1) is 19.4. The summed E-state index contributed by atoms with van der Waals surface area (Å²) in [6, 6.07) is 8.41. The van der Waals surface area contributed by atoms with Crippen molar-refractivity contribution in [2.75, 3.05) is 5.75 Å². The van der Waals surface area contributed by atoms with Gasteiger partial charge in [-0.25, -0.2) is 0 Å². The maximum absolute atomic E-state index is 12.0. The van der Waals surface area contributed by atoms with Crippen molar-refractivity contribution >= 4 is 17.7 Å². The van der Waals surface area contributed by atoms with E-state index in [0.29, 0.717) is 16.8 Å². The number of hydrogen-bond donors (Lipinski definition) is 1. The van der Waals surface area contributed by atoms with E-state index in [2.05, 4.69) is 53.7 Å². The maximum Gasteiger partial charge on any atom is 0.230 e. The van der Waals surface area contributed by atoms with Crippen molar-refractivity contribution in [1.82, 2.24) is 25.5 Å². The van der Waals surface area contributed by atoms with E-state index in [9.17, 15) is 4.79 Å². The van der Waals surface area contributed by atoms with Gasteiger partial charge in [0.2, 0.25) is 11.1 Å². The number of amides is 1. The van der Waals surface area contributed by atoms with Crippen LogP contribution in [0.3, 0.4) is 0 Å². The van der Waals surface area contributed by atoms with Crippen LogP contribution in [0, 0.1) is 5.92 Å². The van der Waals surface area contributed by atoms with Gasteiger partial charge in [-0.05, 0) is 53.8 Å². The predicted octanol–water partition coefficient (Wildman–Crippen LogP) is 3.26. The molecule has 1 unspecified atom stereocenters. The lowest BCUT2D eigenvalue weighted by Gasteiger charge is -2.17. The van der Waals surface area contributed by atoms with Gasteiger partial charge in [-0.1, -0.05) is 51.1 Å². The summed E-state index contributed by atoms with van der Waals surface area (Å²) in [5, 5.41) is 15.4. The van der Waals surface area contributed by atoms with Crippen LogP contribution in [0.5, 0.6) is 0 Å². The second-order valence-electron chi connectivity index (χ2n) is 6.53. The first-order valence-corrected chi connectivity index (χ1v) is 9.79. The molecule has 6 nitrogen and oxygen atoms in total. The highest BCUT2D eigenvalue weighted by Crippen LogP contribution is 2.19. The Labute approximate surface area is 153 Å². The second kappa shape index (κ2) is 9.56. The Morgan fingerprint density at radius 3 is 2.60 bits per heavy atom. The first-order valence-electron chi connectivity index (χ1n) is 8.81. The van der Waals surface area contributed by atoms with Gasteiger partial charge in [0.1, 0.15) is 0 Å². The van der Waals surface area contributed by atoms with Crippen LogP contribution in [-0.4, -0.2) is 37.9 Å². The number of aryl methyl sites for hydroxylation is 1. The normalized spacial score (nSPS) is 12.4. The molecule has 136 valence electrons. The average molecular weight is 362 g/mol. The van der Waals surface area contributed by atoms with Crippen LogP contribution in [0.1, 0.15) is 46.1 Å². The average Bonchev–Trinajstić information content (AvgIpc) is 3.07. The molecule has 0 fully saturated rings. The lowest BCUT2D eigenvalue weighted by molar-refractivity contribution is -0.119. The Kier molecular flexibility index (Phi) is 7.43. The fourth-order valence-corrected chi connectivity index (χ4v) is 2.91. The summed E-state index contributed by atoms with van der Waals surface area (Å²) in [4.78, 5) is 12.0. The van der Waals surface area contributed by atoms with Gasteiger partial charge in [0, 0.05) is 6.04 Å². The van der Waals surface area contributed by atoms with Gasteiger partial charge >= 0.3 is 0 Å². The lowest BCUT2D eigenvalue weighted by Crippen LogP contribution is -2.37. The van der Waals surface area contributed by atoms with Crippen molar-refractivity contribution < 1.29 is 4.79 Å². The molecule has 7 heteroatoms. The summed E-state index contributed by atoms with van der Waals surface area (Å²) >= 11 is 1.34. The van der Waals surface area contributed by atoms with Gasteiger partial charge in [0.05, 0.1) is 11.4 Å². The maximum atomic E-state index is 12.0. The molecule has 1 N–H and O–H groups in total. The molecule has 2 aromatic rings. The molecule has 0 aliphatic rings.